The average Bonchev–Trinajstić information content (AvgIpc) is 2.65. The Morgan fingerprint density at radius 3 is 3.00 bits per heavy atom. The second-order valence-electron chi connectivity index (χ2n) is 3.13. The van der Waals surface area contributed by atoms with Gasteiger partial charge < -0.3 is 5.11 Å². The second-order valence-corrected chi connectivity index (χ2v) is 3.13. The van der Waals surface area contributed by atoms with Crippen molar-refractivity contribution in [1.29, 1.82) is 0 Å². The number of aromatic nitrogens is 4. The van der Waals surface area contributed by atoms with E-state index in [-0.39, 0.29) is 17.8 Å². The van der Waals surface area contributed by atoms with Crippen molar-refractivity contribution in [3.05, 3.63) is 46.4 Å². The second kappa shape index (κ2) is 3.97. The first-order valence-electron chi connectivity index (χ1n) is 4.45. The minimum Gasteiger partial charge on any atom is -0.478 e. The maximum Gasteiger partial charge on any atom is 0.343 e. The first-order chi connectivity index (χ1) is 7.66. The van der Waals surface area contributed by atoms with E-state index in [2.05, 4.69) is 15.2 Å². The minimum atomic E-state index is -1.02. The lowest BCUT2D eigenvalue weighted by Crippen LogP contribution is -2.17. The quantitative estimate of drug-likeness (QED) is 0.740. The maximum atomic E-state index is 11.1. The van der Waals surface area contributed by atoms with Crippen LogP contribution in [-0.4, -0.2) is 30.8 Å². The molecule has 0 saturated carbocycles. The maximum absolute atomic E-state index is 11.1. The summed E-state index contributed by atoms with van der Waals surface area (Å²) in [6.07, 6.45) is 2.72. The van der Waals surface area contributed by atoms with Crippen LogP contribution >= 0.6 is 0 Å². The molecule has 0 radical (unpaired) electrons. The summed E-state index contributed by atoms with van der Waals surface area (Å²) in [5.41, 5.74) is 0.271. The summed E-state index contributed by atoms with van der Waals surface area (Å²) < 4.78 is 1.30. The van der Waals surface area contributed by atoms with Gasteiger partial charge in [0.1, 0.15) is 6.33 Å². The molecule has 16 heavy (non-hydrogen) atoms. The molecule has 2 rings (SSSR count). The molecule has 82 valence electrons. The topological polar surface area (TPSA) is 101 Å². The van der Waals surface area contributed by atoms with E-state index in [9.17, 15) is 9.59 Å². The van der Waals surface area contributed by atoms with Crippen molar-refractivity contribution in [2.24, 2.45) is 0 Å². The minimum absolute atomic E-state index is 0.140. The molecule has 0 fully saturated rings. The van der Waals surface area contributed by atoms with Crippen LogP contribution in [0.4, 0.5) is 0 Å². The van der Waals surface area contributed by atoms with Gasteiger partial charge in [0.15, 0.2) is 0 Å². The number of hydrogen-bond donors (Lipinski definition) is 2. The highest BCUT2D eigenvalue weighted by molar-refractivity contribution is 5.87. The number of rotatable bonds is 3. The highest BCUT2D eigenvalue weighted by atomic mass is 16.4. The van der Waals surface area contributed by atoms with Crippen LogP contribution in [0.15, 0.2) is 29.5 Å². The third-order valence-electron chi connectivity index (χ3n) is 2.01. The van der Waals surface area contributed by atoms with E-state index in [0.29, 0.717) is 5.69 Å². The summed E-state index contributed by atoms with van der Waals surface area (Å²) in [5.74, 6) is -1.02. The molecule has 7 heteroatoms. The molecule has 2 aromatic rings. The number of pyridine rings is 1. The molecule has 0 saturated heterocycles. The first kappa shape index (κ1) is 10.1. The van der Waals surface area contributed by atoms with E-state index in [1.54, 1.807) is 0 Å². The van der Waals surface area contributed by atoms with Gasteiger partial charge in [0, 0.05) is 6.20 Å². The smallest absolute Gasteiger partial charge is 0.343 e. The SMILES string of the molecule is O=C(O)c1ccnc(Cn2cn[nH]c2=O)c1. The van der Waals surface area contributed by atoms with E-state index in [1.807, 2.05) is 0 Å². The standard InChI is InChI=1S/C9H8N4O3/c14-8(15)6-1-2-10-7(3-6)4-13-5-11-12-9(13)16/h1-3,5H,4H2,(H,12,16)(H,14,15). The molecule has 2 heterocycles. The van der Waals surface area contributed by atoms with Crippen LogP contribution in [0.3, 0.4) is 0 Å². The van der Waals surface area contributed by atoms with Crippen LogP contribution < -0.4 is 5.69 Å². The van der Waals surface area contributed by atoms with Gasteiger partial charge in [-0.3, -0.25) is 9.55 Å². The van der Waals surface area contributed by atoms with Crippen molar-refractivity contribution in [3.63, 3.8) is 0 Å². The van der Waals surface area contributed by atoms with Crippen LogP contribution in [0.5, 0.6) is 0 Å². The zero-order chi connectivity index (χ0) is 11.5. The fourth-order valence-corrected chi connectivity index (χ4v) is 1.26. The number of nitrogens with zero attached hydrogens (tertiary/aromatic N) is 3. The van der Waals surface area contributed by atoms with Gasteiger partial charge in [0.05, 0.1) is 17.8 Å². The molecule has 2 aromatic heterocycles. The monoisotopic (exact) mass is 220 g/mol. The highest BCUT2D eigenvalue weighted by Gasteiger charge is 2.05. The van der Waals surface area contributed by atoms with Crippen molar-refractivity contribution in [2.75, 3.05) is 0 Å². The zero-order valence-electron chi connectivity index (χ0n) is 8.12. The van der Waals surface area contributed by atoms with E-state index in [4.69, 9.17) is 5.11 Å². The molecule has 0 atom stereocenters. The Morgan fingerprint density at radius 1 is 1.56 bits per heavy atom. The summed E-state index contributed by atoms with van der Waals surface area (Å²) in [4.78, 5) is 25.8. The largest absolute Gasteiger partial charge is 0.478 e. The number of aromatic carboxylic acids is 1. The van der Waals surface area contributed by atoms with Crippen molar-refractivity contribution < 1.29 is 9.90 Å². The number of hydrogen-bond acceptors (Lipinski definition) is 4. The van der Waals surface area contributed by atoms with E-state index in [0.717, 1.165) is 0 Å². The van der Waals surface area contributed by atoms with Crippen molar-refractivity contribution in [2.45, 2.75) is 6.54 Å². The summed E-state index contributed by atoms with van der Waals surface area (Å²) in [6, 6.07) is 2.81. The number of nitrogens with one attached hydrogen (secondary N) is 1. The zero-order valence-corrected chi connectivity index (χ0v) is 8.12. The van der Waals surface area contributed by atoms with Gasteiger partial charge in [-0.15, -0.1) is 0 Å². The Hall–Kier alpha value is -2.44. The lowest BCUT2D eigenvalue weighted by atomic mass is 10.2. The Kier molecular flexibility index (Phi) is 2.50. The molecule has 7 nitrogen and oxygen atoms in total. The van der Waals surface area contributed by atoms with E-state index < -0.39 is 5.97 Å². The molecule has 0 aliphatic carbocycles. The Labute approximate surface area is 89.4 Å². The lowest BCUT2D eigenvalue weighted by molar-refractivity contribution is 0.0696. The molecule has 0 amide bonds. The Morgan fingerprint density at radius 2 is 2.38 bits per heavy atom. The fraction of sp³-hybridized carbons (Fsp3) is 0.111. The third-order valence-corrected chi connectivity index (χ3v) is 2.01. The third kappa shape index (κ3) is 1.97. The molecular weight excluding hydrogens is 212 g/mol. The molecule has 0 aliphatic heterocycles. The number of carboxylic acids is 1. The van der Waals surface area contributed by atoms with Gasteiger partial charge in [-0.25, -0.2) is 14.7 Å². The summed E-state index contributed by atoms with van der Waals surface area (Å²) in [5, 5.41) is 14.6. The van der Waals surface area contributed by atoms with Gasteiger partial charge in [0.25, 0.3) is 0 Å². The van der Waals surface area contributed by atoms with Gasteiger partial charge >= 0.3 is 11.7 Å². The van der Waals surface area contributed by atoms with Crippen LogP contribution in [0, 0.1) is 0 Å². The van der Waals surface area contributed by atoms with Crippen molar-refractivity contribution in [1.82, 2.24) is 19.7 Å². The van der Waals surface area contributed by atoms with E-state index in [1.165, 1.54) is 29.2 Å². The summed E-state index contributed by atoms with van der Waals surface area (Å²) >= 11 is 0. The van der Waals surface area contributed by atoms with Crippen molar-refractivity contribution in [3.8, 4) is 0 Å². The van der Waals surface area contributed by atoms with Gasteiger partial charge in [-0.05, 0) is 12.1 Å². The van der Waals surface area contributed by atoms with Crippen LogP contribution in [0.2, 0.25) is 0 Å². The average molecular weight is 220 g/mol. The highest BCUT2D eigenvalue weighted by Crippen LogP contribution is 2.02. The number of aromatic amines is 1. The number of carboxylic acid groups (broad SMARTS) is 1. The predicted octanol–water partition coefficient (Wildman–Crippen LogP) is -0.287. The fourth-order valence-electron chi connectivity index (χ4n) is 1.26. The predicted molar refractivity (Wildman–Crippen MR) is 53.1 cm³/mol. The summed E-state index contributed by atoms with van der Waals surface area (Å²) in [6.45, 7) is 0.191. The number of carbonyl (C=O) groups is 1. The molecule has 0 aromatic carbocycles. The lowest BCUT2D eigenvalue weighted by Gasteiger charge is -2.01. The molecule has 0 spiro atoms. The molecule has 0 unspecified atom stereocenters. The summed E-state index contributed by atoms with van der Waals surface area (Å²) in [7, 11) is 0. The van der Waals surface area contributed by atoms with Crippen LogP contribution in [0.25, 0.3) is 0 Å². The first-order valence-corrected chi connectivity index (χ1v) is 4.45. The molecule has 2 N–H and O–H groups in total. The van der Waals surface area contributed by atoms with E-state index >= 15 is 0 Å². The molecule has 0 bridgehead atoms. The van der Waals surface area contributed by atoms with Gasteiger partial charge in [-0.2, -0.15) is 5.10 Å². The number of H-pyrrole nitrogens is 1. The van der Waals surface area contributed by atoms with Gasteiger partial charge in [-0.1, -0.05) is 0 Å². The molecular formula is C9H8N4O3. The van der Waals surface area contributed by atoms with Crippen molar-refractivity contribution >= 4 is 5.97 Å². The van der Waals surface area contributed by atoms with Crippen LogP contribution in [0.1, 0.15) is 16.1 Å². The normalized spacial score (nSPS) is 10.2. The van der Waals surface area contributed by atoms with Gasteiger partial charge in [0.2, 0.25) is 0 Å². The molecule has 0 aliphatic rings. The Balaban J connectivity index is 2.29. The van der Waals surface area contributed by atoms with Crippen LogP contribution in [-0.2, 0) is 6.54 Å². The Bertz CT molecular complexity index is 572.